The lowest BCUT2D eigenvalue weighted by molar-refractivity contribution is -0.119. The van der Waals surface area contributed by atoms with Crippen molar-refractivity contribution in [1.82, 2.24) is 4.90 Å². The molecule has 3 heteroatoms. The Morgan fingerprint density at radius 3 is 1.50 bits per heavy atom. The third-order valence-corrected chi connectivity index (χ3v) is 2.64. The Balaban J connectivity index is 2.04. The summed E-state index contributed by atoms with van der Waals surface area (Å²) >= 11 is 0. The third-order valence-electron chi connectivity index (χ3n) is 2.64. The molecule has 0 saturated heterocycles. The molecule has 2 aliphatic rings. The zero-order valence-corrected chi connectivity index (χ0v) is 6.17. The fourth-order valence-electron chi connectivity index (χ4n) is 1.28. The Morgan fingerprint density at radius 1 is 1.00 bits per heavy atom. The molecule has 2 fully saturated rings. The lowest BCUT2D eigenvalue weighted by Crippen LogP contribution is -2.43. The van der Waals surface area contributed by atoms with Gasteiger partial charge in [0.1, 0.15) is 11.4 Å². The normalized spacial score (nSPS) is 32.4. The van der Waals surface area contributed by atoms with Crippen molar-refractivity contribution < 1.29 is 10.2 Å². The second-order valence-electron chi connectivity index (χ2n) is 3.52. The smallest absolute Gasteiger partial charge is 0.120 e. The van der Waals surface area contributed by atoms with Gasteiger partial charge in [-0.2, -0.15) is 0 Å². The topological polar surface area (TPSA) is 43.7 Å². The molecule has 0 spiro atoms. The van der Waals surface area contributed by atoms with E-state index in [9.17, 15) is 10.2 Å². The van der Waals surface area contributed by atoms with E-state index in [-0.39, 0.29) is 0 Å². The number of hydrogen-bond donors (Lipinski definition) is 2. The SMILES string of the molecule is CN(C1(O)CC1)C1(O)CC1. The summed E-state index contributed by atoms with van der Waals surface area (Å²) in [6.07, 6.45) is 3.25. The summed E-state index contributed by atoms with van der Waals surface area (Å²) in [5.41, 5.74) is -1.32. The van der Waals surface area contributed by atoms with Crippen LogP contribution in [0, 0.1) is 0 Å². The Bertz CT molecular complexity index is 143. The van der Waals surface area contributed by atoms with Gasteiger partial charge < -0.3 is 10.2 Å². The van der Waals surface area contributed by atoms with Gasteiger partial charge in [-0.3, -0.25) is 4.90 Å². The molecule has 0 bridgehead atoms. The number of hydrogen-bond acceptors (Lipinski definition) is 3. The highest BCUT2D eigenvalue weighted by atomic mass is 16.4. The molecule has 3 nitrogen and oxygen atoms in total. The van der Waals surface area contributed by atoms with Crippen molar-refractivity contribution in [2.45, 2.75) is 37.1 Å². The van der Waals surface area contributed by atoms with Crippen molar-refractivity contribution in [3.63, 3.8) is 0 Å². The van der Waals surface area contributed by atoms with Crippen LogP contribution in [0.3, 0.4) is 0 Å². The van der Waals surface area contributed by atoms with Gasteiger partial charge in [0.2, 0.25) is 0 Å². The second kappa shape index (κ2) is 1.55. The maximum absolute atomic E-state index is 9.54. The van der Waals surface area contributed by atoms with Crippen LogP contribution >= 0.6 is 0 Å². The maximum atomic E-state index is 9.54. The van der Waals surface area contributed by atoms with Crippen LogP contribution in [-0.4, -0.2) is 33.6 Å². The fourth-order valence-corrected chi connectivity index (χ4v) is 1.28. The molecule has 10 heavy (non-hydrogen) atoms. The van der Waals surface area contributed by atoms with Crippen molar-refractivity contribution >= 4 is 0 Å². The lowest BCUT2D eigenvalue weighted by Gasteiger charge is -2.28. The molecule has 0 atom stereocenters. The van der Waals surface area contributed by atoms with Crippen LogP contribution in [0.1, 0.15) is 25.7 Å². The van der Waals surface area contributed by atoms with Gasteiger partial charge in [-0.05, 0) is 32.7 Å². The molecule has 0 aromatic carbocycles. The standard InChI is InChI=1S/C7H13NO2/c1-8(6(9)2-3-6)7(10)4-5-7/h9-10H,2-5H2,1H3. The highest BCUT2D eigenvalue weighted by Crippen LogP contribution is 2.48. The zero-order chi connectivity index (χ0) is 7.41. The molecule has 0 radical (unpaired) electrons. The van der Waals surface area contributed by atoms with Crippen LogP contribution in [0.25, 0.3) is 0 Å². The van der Waals surface area contributed by atoms with E-state index < -0.39 is 11.4 Å². The molecule has 0 heterocycles. The highest BCUT2D eigenvalue weighted by molar-refractivity contribution is 5.02. The summed E-state index contributed by atoms with van der Waals surface area (Å²) in [7, 11) is 1.79. The van der Waals surface area contributed by atoms with E-state index in [4.69, 9.17) is 0 Å². The van der Waals surface area contributed by atoms with Gasteiger partial charge in [-0.1, -0.05) is 0 Å². The fraction of sp³-hybridized carbons (Fsp3) is 1.00. The summed E-state index contributed by atoms with van der Waals surface area (Å²) in [5, 5.41) is 19.1. The van der Waals surface area contributed by atoms with Crippen molar-refractivity contribution in [3.8, 4) is 0 Å². The highest BCUT2D eigenvalue weighted by Gasteiger charge is 2.57. The van der Waals surface area contributed by atoms with E-state index in [0.29, 0.717) is 0 Å². The number of rotatable bonds is 2. The average Bonchev–Trinajstić information content (AvgIpc) is 2.73. The van der Waals surface area contributed by atoms with Crippen LogP contribution in [-0.2, 0) is 0 Å². The second-order valence-corrected chi connectivity index (χ2v) is 3.52. The maximum Gasteiger partial charge on any atom is 0.120 e. The van der Waals surface area contributed by atoms with Gasteiger partial charge in [-0.15, -0.1) is 0 Å². The van der Waals surface area contributed by atoms with E-state index in [1.165, 1.54) is 0 Å². The van der Waals surface area contributed by atoms with E-state index in [1.54, 1.807) is 11.9 Å². The minimum atomic E-state index is -0.661. The summed E-state index contributed by atoms with van der Waals surface area (Å²) in [5.74, 6) is 0. The minimum Gasteiger partial charge on any atom is -0.376 e. The molecular weight excluding hydrogens is 130 g/mol. The van der Waals surface area contributed by atoms with E-state index >= 15 is 0 Å². The average molecular weight is 143 g/mol. The molecule has 0 aromatic rings. The zero-order valence-electron chi connectivity index (χ0n) is 6.17. The molecule has 2 N–H and O–H groups in total. The first-order chi connectivity index (χ1) is 4.57. The number of nitrogens with zero attached hydrogens (tertiary/aromatic N) is 1. The van der Waals surface area contributed by atoms with Crippen LogP contribution in [0.5, 0.6) is 0 Å². The monoisotopic (exact) mass is 143 g/mol. The van der Waals surface area contributed by atoms with Gasteiger partial charge >= 0.3 is 0 Å². The van der Waals surface area contributed by atoms with Crippen molar-refractivity contribution in [2.24, 2.45) is 0 Å². The molecule has 2 saturated carbocycles. The predicted octanol–water partition coefficient (Wildman–Crippen LogP) is -0.117. The van der Waals surface area contributed by atoms with E-state index in [0.717, 1.165) is 25.7 Å². The first kappa shape index (κ1) is 6.58. The molecule has 2 rings (SSSR count). The molecule has 0 aromatic heterocycles. The Kier molecular flexibility index (Phi) is 1.02. The molecule has 0 unspecified atom stereocenters. The van der Waals surface area contributed by atoms with Gasteiger partial charge in [0.05, 0.1) is 0 Å². The Labute approximate surface area is 60.3 Å². The van der Waals surface area contributed by atoms with Crippen LogP contribution < -0.4 is 0 Å². The molecule has 0 amide bonds. The summed E-state index contributed by atoms with van der Waals surface area (Å²) in [4.78, 5) is 1.71. The Hall–Kier alpha value is -0.120. The quantitative estimate of drug-likeness (QED) is 0.530. The van der Waals surface area contributed by atoms with Gasteiger partial charge in [0, 0.05) is 0 Å². The minimum absolute atomic E-state index is 0.661. The van der Waals surface area contributed by atoms with Gasteiger partial charge in [-0.25, -0.2) is 0 Å². The first-order valence-electron chi connectivity index (χ1n) is 3.76. The largest absolute Gasteiger partial charge is 0.376 e. The molecule has 58 valence electrons. The first-order valence-corrected chi connectivity index (χ1v) is 3.76. The Morgan fingerprint density at radius 2 is 1.30 bits per heavy atom. The van der Waals surface area contributed by atoms with E-state index in [1.807, 2.05) is 0 Å². The van der Waals surface area contributed by atoms with Crippen molar-refractivity contribution in [2.75, 3.05) is 7.05 Å². The summed E-state index contributed by atoms with van der Waals surface area (Å²) in [6.45, 7) is 0. The summed E-state index contributed by atoms with van der Waals surface area (Å²) in [6, 6.07) is 0. The summed E-state index contributed by atoms with van der Waals surface area (Å²) < 4.78 is 0. The van der Waals surface area contributed by atoms with Crippen LogP contribution in [0.15, 0.2) is 0 Å². The van der Waals surface area contributed by atoms with Crippen molar-refractivity contribution in [3.05, 3.63) is 0 Å². The lowest BCUT2D eigenvalue weighted by atomic mass is 10.4. The van der Waals surface area contributed by atoms with Crippen LogP contribution in [0.2, 0.25) is 0 Å². The predicted molar refractivity (Wildman–Crippen MR) is 36.1 cm³/mol. The van der Waals surface area contributed by atoms with Crippen molar-refractivity contribution in [1.29, 1.82) is 0 Å². The number of aliphatic hydroxyl groups is 2. The third kappa shape index (κ3) is 0.779. The van der Waals surface area contributed by atoms with Crippen LogP contribution in [0.4, 0.5) is 0 Å². The van der Waals surface area contributed by atoms with E-state index in [2.05, 4.69) is 0 Å². The molecule has 0 aliphatic heterocycles. The van der Waals surface area contributed by atoms with Gasteiger partial charge in [0.25, 0.3) is 0 Å². The van der Waals surface area contributed by atoms with Gasteiger partial charge in [0.15, 0.2) is 0 Å². The molecule has 2 aliphatic carbocycles. The molecular formula is C7H13NO2.